The van der Waals surface area contributed by atoms with Crippen LogP contribution in [0.25, 0.3) is 0 Å². The highest BCUT2D eigenvalue weighted by Gasteiger charge is 2.31. The molecule has 0 spiro atoms. The van der Waals surface area contributed by atoms with Crippen LogP contribution in [-0.2, 0) is 11.0 Å². The minimum Gasteiger partial charge on any atom is -0.371 e. The fourth-order valence-corrected chi connectivity index (χ4v) is 2.85. The molecule has 0 radical (unpaired) electrons. The maximum Gasteiger partial charge on any atom is 0.416 e. The molecule has 2 rings (SSSR count). The lowest BCUT2D eigenvalue weighted by molar-refractivity contribution is -0.137. The van der Waals surface area contributed by atoms with Gasteiger partial charge in [0.25, 0.3) is 0 Å². The highest BCUT2D eigenvalue weighted by atomic mass is 79.9. The second kappa shape index (κ2) is 5.53. The highest BCUT2D eigenvalue weighted by Crippen LogP contribution is 2.36. The first kappa shape index (κ1) is 14.4. The third-order valence-electron chi connectivity index (χ3n) is 3.35. The fourth-order valence-electron chi connectivity index (χ4n) is 2.22. The van der Waals surface area contributed by atoms with Crippen molar-refractivity contribution < 1.29 is 18.0 Å². The minimum atomic E-state index is -4.33. The van der Waals surface area contributed by atoms with E-state index in [0.29, 0.717) is 17.6 Å². The number of hydrogen-bond donors (Lipinski definition) is 0. The Kier molecular flexibility index (Phi) is 4.18. The Morgan fingerprint density at radius 3 is 2.37 bits per heavy atom. The van der Waals surface area contributed by atoms with Crippen molar-refractivity contribution >= 4 is 27.9 Å². The molecule has 1 aliphatic heterocycles. The molecule has 0 saturated carbocycles. The molecule has 0 aliphatic carbocycles. The van der Waals surface area contributed by atoms with Gasteiger partial charge in [0.2, 0.25) is 0 Å². The number of aldehydes is 1. The van der Waals surface area contributed by atoms with Crippen LogP contribution >= 0.6 is 15.9 Å². The molecule has 0 bridgehead atoms. The summed E-state index contributed by atoms with van der Waals surface area (Å²) in [6.07, 6.45) is -1.88. The van der Waals surface area contributed by atoms with Gasteiger partial charge in [-0.25, -0.2) is 0 Å². The number of piperidine rings is 1. The van der Waals surface area contributed by atoms with Gasteiger partial charge in [-0.3, -0.25) is 0 Å². The van der Waals surface area contributed by atoms with Gasteiger partial charge < -0.3 is 9.69 Å². The number of rotatable bonds is 2. The normalized spacial score (nSPS) is 17.6. The van der Waals surface area contributed by atoms with Gasteiger partial charge >= 0.3 is 6.18 Å². The largest absolute Gasteiger partial charge is 0.416 e. The van der Waals surface area contributed by atoms with E-state index in [9.17, 15) is 18.0 Å². The maximum absolute atomic E-state index is 12.6. The number of halogens is 4. The Morgan fingerprint density at radius 2 is 1.89 bits per heavy atom. The van der Waals surface area contributed by atoms with Crippen LogP contribution in [-0.4, -0.2) is 19.4 Å². The Morgan fingerprint density at radius 1 is 1.26 bits per heavy atom. The highest BCUT2D eigenvalue weighted by molar-refractivity contribution is 9.10. The number of benzene rings is 1. The summed E-state index contributed by atoms with van der Waals surface area (Å²) in [6.45, 7) is 1.38. The van der Waals surface area contributed by atoms with Gasteiger partial charge in [0.1, 0.15) is 6.29 Å². The zero-order chi connectivity index (χ0) is 14.0. The van der Waals surface area contributed by atoms with E-state index in [0.717, 1.165) is 36.9 Å². The molecular formula is C13H13BrF3NO. The third kappa shape index (κ3) is 3.29. The van der Waals surface area contributed by atoms with E-state index < -0.39 is 11.7 Å². The van der Waals surface area contributed by atoms with Crippen LogP contribution in [0.2, 0.25) is 0 Å². The molecule has 0 atom stereocenters. The molecule has 0 amide bonds. The van der Waals surface area contributed by atoms with Crippen molar-refractivity contribution in [1.82, 2.24) is 0 Å². The van der Waals surface area contributed by atoms with Crippen LogP contribution in [0, 0.1) is 5.92 Å². The predicted molar refractivity (Wildman–Crippen MR) is 70.1 cm³/mol. The van der Waals surface area contributed by atoms with Crippen LogP contribution in [0.3, 0.4) is 0 Å². The van der Waals surface area contributed by atoms with Gasteiger partial charge in [-0.2, -0.15) is 13.2 Å². The van der Waals surface area contributed by atoms with E-state index in [-0.39, 0.29) is 5.92 Å². The number of nitrogens with zero attached hydrogens (tertiary/aromatic N) is 1. The summed E-state index contributed by atoms with van der Waals surface area (Å²) in [4.78, 5) is 12.7. The van der Waals surface area contributed by atoms with E-state index >= 15 is 0 Å². The second-order valence-corrected chi connectivity index (χ2v) is 5.48. The van der Waals surface area contributed by atoms with Crippen LogP contribution in [0.15, 0.2) is 22.7 Å². The number of carbonyl (C=O) groups excluding carboxylic acids is 1. The summed E-state index contributed by atoms with van der Waals surface area (Å²) in [5, 5.41) is 0. The summed E-state index contributed by atoms with van der Waals surface area (Å²) in [6, 6.07) is 3.67. The Balaban J connectivity index is 2.16. The predicted octanol–water partition coefficient (Wildman–Crippen LogP) is 3.88. The number of alkyl halides is 3. The van der Waals surface area contributed by atoms with Gasteiger partial charge in [0, 0.05) is 23.5 Å². The van der Waals surface area contributed by atoms with E-state index in [1.54, 1.807) is 0 Å². The lowest BCUT2D eigenvalue weighted by Gasteiger charge is -2.32. The lowest BCUT2D eigenvalue weighted by Crippen LogP contribution is -2.34. The standard InChI is InChI=1S/C13H13BrF3NO/c14-11-7-10(13(15,16)17)1-2-12(11)18-5-3-9(8-19)4-6-18/h1-2,7-9H,3-6H2. The number of hydrogen-bond acceptors (Lipinski definition) is 2. The van der Waals surface area contributed by atoms with Crippen molar-refractivity contribution in [3.63, 3.8) is 0 Å². The van der Waals surface area contributed by atoms with Crippen molar-refractivity contribution in [2.75, 3.05) is 18.0 Å². The zero-order valence-corrected chi connectivity index (χ0v) is 11.7. The molecule has 1 saturated heterocycles. The quantitative estimate of drug-likeness (QED) is 0.764. The van der Waals surface area contributed by atoms with Crippen molar-refractivity contribution in [3.8, 4) is 0 Å². The molecule has 0 unspecified atom stereocenters. The second-order valence-electron chi connectivity index (χ2n) is 4.62. The topological polar surface area (TPSA) is 20.3 Å². The molecule has 1 aromatic carbocycles. The van der Waals surface area contributed by atoms with Gasteiger partial charge in [-0.05, 0) is 47.0 Å². The van der Waals surface area contributed by atoms with E-state index in [1.807, 2.05) is 4.90 Å². The molecule has 1 aromatic rings. The zero-order valence-electron chi connectivity index (χ0n) is 10.1. The van der Waals surface area contributed by atoms with Gasteiger partial charge in [-0.15, -0.1) is 0 Å². The third-order valence-corrected chi connectivity index (χ3v) is 3.98. The maximum atomic E-state index is 12.6. The minimum absolute atomic E-state index is 0.0736. The summed E-state index contributed by atoms with van der Waals surface area (Å²) in [5.74, 6) is 0.0736. The van der Waals surface area contributed by atoms with Crippen molar-refractivity contribution in [2.24, 2.45) is 5.92 Å². The molecule has 1 aliphatic rings. The lowest BCUT2D eigenvalue weighted by atomic mass is 9.98. The van der Waals surface area contributed by atoms with E-state index in [2.05, 4.69) is 15.9 Å². The molecular weight excluding hydrogens is 323 g/mol. The fraction of sp³-hybridized carbons (Fsp3) is 0.462. The van der Waals surface area contributed by atoms with Gasteiger partial charge in [-0.1, -0.05) is 0 Å². The molecule has 104 valence electrons. The van der Waals surface area contributed by atoms with Crippen molar-refractivity contribution in [2.45, 2.75) is 19.0 Å². The smallest absolute Gasteiger partial charge is 0.371 e. The van der Waals surface area contributed by atoms with Crippen molar-refractivity contribution in [1.29, 1.82) is 0 Å². The molecule has 1 fully saturated rings. The number of carbonyl (C=O) groups is 1. The molecule has 0 N–H and O–H groups in total. The average Bonchev–Trinajstić information content (AvgIpc) is 2.38. The average molecular weight is 336 g/mol. The Labute approximate surface area is 117 Å². The Hall–Kier alpha value is -1.04. The van der Waals surface area contributed by atoms with Crippen LogP contribution < -0.4 is 4.90 Å². The first-order valence-corrected chi connectivity index (χ1v) is 6.78. The van der Waals surface area contributed by atoms with Crippen LogP contribution in [0.5, 0.6) is 0 Å². The summed E-state index contributed by atoms with van der Waals surface area (Å²) in [7, 11) is 0. The first-order chi connectivity index (χ1) is 8.91. The number of anilines is 1. The molecule has 2 nitrogen and oxygen atoms in total. The molecule has 19 heavy (non-hydrogen) atoms. The molecule has 6 heteroatoms. The van der Waals surface area contributed by atoms with E-state index in [4.69, 9.17) is 0 Å². The molecule has 1 heterocycles. The molecule has 0 aromatic heterocycles. The SMILES string of the molecule is O=CC1CCN(c2ccc(C(F)(F)F)cc2Br)CC1. The van der Waals surface area contributed by atoms with E-state index in [1.165, 1.54) is 6.07 Å². The summed E-state index contributed by atoms with van der Waals surface area (Å²) < 4.78 is 38.1. The van der Waals surface area contributed by atoms with Crippen molar-refractivity contribution in [3.05, 3.63) is 28.2 Å². The Bertz CT molecular complexity index is 467. The monoisotopic (exact) mass is 335 g/mol. The summed E-state index contributed by atoms with van der Waals surface area (Å²) in [5.41, 5.74) is 0.0863. The first-order valence-electron chi connectivity index (χ1n) is 5.99. The van der Waals surface area contributed by atoms with Gasteiger partial charge in [0.15, 0.2) is 0 Å². The van der Waals surface area contributed by atoms with Crippen LogP contribution in [0.4, 0.5) is 18.9 Å². The van der Waals surface area contributed by atoms with Crippen LogP contribution in [0.1, 0.15) is 18.4 Å². The summed E-state index contributed by atoms with van der Waals surface area (Å²) >= 11 is 3.20. The van der Waals surface area contributed by atoms with Gasteiger partial charge in [0.05, 0.1) is 11.3 Å².